The van der Waals surface area contributed by atoms with E-state index in [-0.39, 0.29) is 12.0 Å². The van der Waals surface area contributed by atoms with E-state index >= 15 is 0 Å². The van der Waals surface area contributed by atoms with Crippen molar-refractivity contribution in [1.82, 2.24) is 4.90 Å². The van der Waals surface area contributed by atoms with Gasteiger partial charge in [-0.05, 0) is 13.8 Å². The molecule has 19 heavy (non-hydrogen) atoms. The van der Waals surface area contributed by atoms with Gasteiger partial charge in [0, 0.05) is 14.0 Å². The van der Waals surface area contributed by atoms with E-state index in [1.54, 1.807) is 13.8 Å². The molecule has 1 saturated heterocycles. The molecule has 112 valence electrons. The molecule has 1 amide bonds. The molecule has 0 aromatic heterocycles. The van der Waals surface area contributed by atoms with E-state index in [0.29, 0.717) is 0 Å². The zero-order chi connectivity index (χ0) is 14.7. The summed E-state index contributed by atoms with van der Waals surface area (Å²) in [5.74, 6) is -0.278. The molecule has 0 aromatic carbocycles. The Hall–Kier alpha value is -0.730. The van der Waals surface area contributed by atoms with E-state index in [0.717, 1.165) is 0 Å². The fourth-order valence-corrected chi connectivity index (χ4v) is 2.07. The number of rotatable bonds is 4. The number of aliphatic hydroxyl groups excluding tert-OH is 3. The number of carbonyl (C=O) groups excluding carboxylic acids is 1. The second-order valence-corrected chi connectivity index (χ2v) is 5.01. The van der Waals surface area contributed by atoms with Crippen LogP contribution in [-0.4, -0.2) is 76.5 Å². The highest BCUT2D eigenvalue weighted by atomic mass is 16.7. The van der Waals surface area contributed by atoms with Crippen LogP contribution in [0.15, 0.2) is 0 Å². The van der Waals surface area contributed by atoms with Gasteiger partial charge >= 0.3 is 0 Å². The van der Waals surface area contributed by atoms with Gasteiger partial charge in [-0.15, -0.1) is 0 Å². The van der Waals surface area contributed by atoms with E-state index in [9.17, 15) is 15.0 Å². The Bertz CT molecular complexity index is 311. The van der Waals surface area contributed by atoms with Crippen molar-refractivity contribution < 1.29 is 29.6 Å². The van der Waals surface area contributed by atoms with Crippen LogP contribution in [0.4, 0.5) is 0 Å². The summed E-state index contributed by atoms with van der Waals surface area (Å²) in [6, 6.07) is -0.822. The number of aliphatic hydroxyl groups is 3. The first-order valence-corrected chi connectivity index (χ1v) is 6.30. The minimum atomic E-state index is -1.27. The van der Waals surface area contributed by atoms with Gasteiger partial charge in [0.05, 0.1) is 12.7 Å². The molecule has 1 aliphatic heterocycles. The Morgan fingerprint density at radius 3 is 2.37 bits per heavy atom. The maximum Gasteiger partial charge on any atom is 0.219 e. The van der Waals surface area contributed by atoms with E-state index in [2.05, 4.69) is 0 Å². The van der Waals surface area contributed by atoms with Gasteiger partial charge in [-0.25, -0.2) is 0 Å². The lowest BCUT2D eigenvalue weighted by Gasteiger charge is -2.45. The number of ether oxygens (including phenoxy) is 2. The smallest absolute Gasteiger partial charge is 0.219 e. The lowest BCUT2D eigenvalue weighted by Crippen LogP contribution is -2.65. The third-order valence-corrected chi connectivity index (χ3v) is 3.20. The summed E-state index contributed by atoms with van der Waals surface area (Å²) in [5, 5.41) is 29.1. The van der Waals surface area contributed by atoms with Crippen LogP contribution in [0.1, 0.15) is 20.8 Å². The van der Waals surface area contributed by atoms with Gasteiger partial charge < -0.3 is 29.7 Å². The normalized spacial score (nSPS) is 35.5. The number of hydrogen-bond donors (Lipinski definition) is 3. The molecule has 1 aliphatic rings. The summed E-state index contributed by atoms with van der Waals surface area (Å²) in [6.45, 7) is 4.50. The van der Waals surface area contributed by atoms with Gasteiger partial charge in [-0.3, -0.25) is 4.79 Å². The topological polar surface area (TPSA) is 99.5 Å². The zero-order valence-electron chi connectivity index (χ0n) is 11.7. The summed E-state index contributed by atoms with van der Waals surface area (Å²) >= 11 is 0. The van der Waals surface area contributed by atoms with Gasteiger partial charge in [0.2, 0.25) is 5.91 Å². The van der Waals surface area contributed by atoms with Crippen molar-refractivity contribution in [2.45, 2.75) is 57.5 Å². The second kappa shape index (κ2) is 6.62. The third-order valence-electron chi connectivity index (χ3n) is 3.20. The average Bonchev–Trinajstić information content (AvgIpc) is 2.32. The van der Waals surface area contributed by atoms with E-state index in [4.69, 9.17) is 14.6 Å². The molecule has 0 spiro atoms. The number of carbonyl (C=O) groups is 1. The van der Waals surface area contributed by atoms with Crippen molar-refractivity contribution in [3.8, 4) is 0 Å². The van der Waals surface area contributed by atoms with Crippen LogP contribution in [0.3, 0.4) is 0 Å². The van der Waals surface area contributed by atoms with Crippen molar-refractivity contribution in [3.63, 3.8) is 0 Å². The highest BCUT2D eigenvalue weighted by Gasteiger charge is 2.47. The number of hydrogen-bond acceptors (Lipinski definition) is 6. The minimum absolute atomic E-state index is 0.186. The SMILES string of the molecule is CC(=O)N(C)C1C(OC(C)C)OC(CO)C(O)C1O. The zero-order valence-corrected chi connectivity index (χ0v) is 11.7. The predicted molar refractivity (Wildman–Crippen MR) is 66.2 cm³/mol. The second-order valence-electron chi connectivity index (χ2n) is 5.01. The number of likely N-dealkylation sites (N-methyl/N-ethyl adjacent to an activating group) is 1. The molecule has 0 saturated carbocycles. The Morgan fingerprint density at radius 2 is 1.95 bits per heavy atom. The van der Waals surface area contributed by atoms with Crippen LogP contribution in [0, 0.1) is 0 Å². The van der Waals surface area contributed by atoms with Crippen LogP contribution in [0.5, 0.6) is 0 Å². The fourth-order valence-electron chi connectivity index (χ4n) is 2.07. The Morgan fingerprint density at radius 1 is 1.37 bits per heavy atom. The monoisotopic (exact) mass is 277 g/mol. The predicted octanol–water partition coefficient (Wildman–Crippen LogP) is -1.30. The molecule has 3 N–H and O–H groups in total. The largest absolute Gasteiger partial charge is 0.394 e. The molecule has 0 aliphatic carbocycles. The van der Waals surface area contributed by atoms with Gasteiger partial charge in [0.15, 0.2) is 6.29 Å². The summed E-state index contributed by atoms with van der Waals surface area (Å²) in [5.41, 5.74) is 0. The summed E-state index contributed by atoms with van der Waals surface area (Å²) in [7, 11) is 1.50. The van der Waals surface area contributed by atoms with Crippen molar-refractivity contribution in [2.24, 2.45) is 0 Å². The molecule has 7 heteroatoms. The summed E-state index contributed by atoms with van der Waals surface area (Å²) in [4.78, 5) is 12.7. The molecule has 7 nitrogen and oxygen atoms in total. The molecule has 0 bridgehead atoms. The van der Waals surface area contributed by atoms with E-state index in [1.807, 2.05) is 0 Å². The first-order valence-electron chi connectivity index (χ1n) is 6.30. The Kier molecular flexibility index (Phi) is 5.69. The highest BCUT2D eigenvalue weighted by molar-refractivity contribution is 5.73. The van der Waals surface area contributed by atoms with Gasteiger partial charge in [-0.1, -0.05) is 0 Å². The molecule has 1 fully saturated rings. The van der Waals surface area contributed by atoms with Crippen molar-refractivity contribution in [3.05, 3.63) is 0 Å². The summed E-state index contributed by atoms with van der Waals surface area (Å²) < 4.78 is 11.0. The first-order chi connectivity index (χ1) is 8.79. The highest BCUT2D eigenvalue weighted by Crippen LogP contribution is 2.26. The molecule has 5 unspecified atom stereocenters. The Labute approximate surface area is 112 Å². The van der Waals surface area contributed by atoms with Crippen molar-refractivity contribution >= 4 is 5.91 Å². The van der Waals surface area contributed by atoms with E-state index < -0.39 is 37.3 Å². The molecular weight excluding hydrogens is 254 g/mol. The van der Waals surface area contributed by atoms with Crippen LogP contribution in [0.25, 0.3) is 0 Å². The van der Waals surface area contributed by atoms with E-state index in [1.165, 1.54) is 18.9 Å². The van der Waals surface area contributed by atoms with Crippen LogP contribution in [-0.2, 0) is 14.3 Å². The lowest BCUT2D eigenvalue weighted by molar-refractivity contribution is -0.291. The molecular formula is C12H23NO6. The van der Waals surface area contributed by atoms with Crippen molar-refractivity contribution in [1.29, 1.82) is 0 Å². The summed E-state index contributed by atoms with van der Waals surface area (Å²) in [6.07, 6.45) is -4.54. The van der Waals surface area contributed by atoms with Crippen LogP contribution in [0.2, 0.25) is 0 Å². The van der Waals surface area contributed by atoms with Crippen molar-refractivity contribution in [2.75, 3.05) is 13.7 Å². The maximum absolute atomic E-state index is 11.5. The van der Waals surface area contributed by atoms with Gasteiger partial charge in [0.1, 0.15) is 24.4 Å². The van der Waals surface area contributed by atoms with Crippen LogP contribution < -0.4 is 0 Å². The number of nitrogens with zero attached hydrogens (tertiary/aromatic N) is 1. The molecule has 0 aromatic rings. The quantitative estimate of drug-likeness (QED) is 0.590. The molecule has 1 heterocycles. The Balaban J connectivity index is 2.96. The lowest BCUT2D eigenvalue weighted by atomic mass is 9.96. The molecule has 0 radical (unpaired) electrons. The van der Waals surface area contributed by atoms with Gasteiger partial charge in [-0.2, -0.15) is 0 Å². The standard InChI is InChI=1S/C12H23NO6/c1-6(2)18-12-9(13(4)7(3)15)11(17)10(16)8(5-14)19-12/h6,8-12,14,16-17H,5H2,1-4H3. The molecule has 1 rings (SSSR count). The fraction of sp³-hybridized carbons (Fsp3) is 0.917. The van der Waals surface area contributed by atoms with Gasteiger partial charge in [0.25, 0.3) is 0 Å². The average molecular weight is 277 g/mol. The molecule has 5 atom stereocenters. The number of amides is 1. The van der Waals surface area contributed by atoms with Crippen LogP contribution >= 0.6 is 0 Å². The first kappa shape index (κ1) is 16.3. The minimum Gasteiger partial charge on any atom is -0.394 e. The maximum atomic E-state index is 11.5. The third kappa shape index (κ3) is 3.64.